The Morgan fingerprint density at radius 2 is 1.79 bits per heavy atom. The SMILES string of the molecule is C[C@@H]1Cc2cc(Br)ccc2N1C(=O)COc1ccc(S(=O)(=O)N2CCCc3ccccc32)cc1. The topological polar surface area (TPSA) is 66.9 Å². The Labute approximate surface area is 208 Å². The second-order valence-electron chi connectivity index (χ2n) is 8.66. The Morgan fingerprint density at radius 3 is 2.59 bits per heavy atom. The second kappa shape index (κ2) is 9.07. The van der Waals surface area contributed by atoms with Crippen LogP contribution in [0, 0.1) is 0 Å². The fourth-order valence-corrected chi connectivity index (χ4v) is 6.73. The lowest BCUT2D eigenvalue weighted by molar-refractivity contribution is -0.120. The molecule has 1 atom stereocenters. The Kier molecular flexibility index (Phi) is 6.12. The first-order chi connectivity index (χ1) is 16.3. The van der Waals surface area contributed by atoms with Crippen molar-refractivity contribution in [3.05, 3.63) is 82.3 Å². The maximum atomic E-state index is 13.3. The summed E-state index contributed by atoms with van der Waals surface area (Å²) in [7, 11) is -3.68. The van der Waals surface area contributed by atoms with Gasteiger partial charge in [0.05, 0.1) is 10.6 Å². The van der Waals surface area contributed by atoms with E-state index in [1.165, 1.54) is 16.4 Å². The molecule has 0 N–H and O–H groups in total. The molecule has 0 saturated heterocycles. The van der Waals surface area contributed by atoms with Gasteiger partial charge < -0.3 is 9.64 Å². The van der Waals surface area contributed by atoms with Crippen LogP contribution in [-0.2, 0) is 27.7 Å². The van der Waals surface area contributed by atoms with E-state index in [1.54, 1.807) is 17.0 Å². The standard InChI is InChI=1S/C26H25BrN2O4S/c1-18-15-20-16-21(27)8-13-25(20)29(18)26(30)17-33-22-9-11-23(12-10-22)34(31,32)28-14-4-6-19-5-2-3-7-24(19)28/h2-3,5,7-13,16,18H,4,6,14-15,17H2,1H3/t18-/m1/s1. The zero-order chi connectivity index (χ0) is 23.9. The Balaban J connectivity index is 1.28. The highest BCUT2D eigenvalue weighted by atomic mass is 79.9. The molecule has 0 radical (unpaired) electrons. The molecule has 2 aliphatic heterocycles. The number of aryl methyl sites for hydroxylation is 1. The molecule has 5 rings (SSSR count). The van der Waals surface area contributed by atoms with Crippen molar-refractivity contribution in [2.75, 3.05) is 22.4 Å². The number of benzene rings is 3. The number of ether oxygens (including phenoxy) is 1. The van der Waals surface area contributed by atoms with Gasteiger partial charge in [-0.05, 0) is 85.8 Å². The number of para-hydroxylation sites is 1. The molecule has 1 amide bonds. The fraction of sp³-hybridized carbons (Fsp3) is 0.269. The maximum Gasteiger partial charge on any atom is 0.265 e. The van der Waals surface area contributed by atoms with Gasteiger partial charge in [0, 0.05) is 22.7 Å². The number of amides is 1. The largest absolute Gasteiger partial charge is 0.484 e. The van der Waals surface area contributed by atoms with Gasteiger partial charge in [0.2, 0.25) is 0 Å². The van der Waals surface area contributed by atoms with Crippen LogP contribution < -0.4 is 13.9 Å². The summed E-state index contributed by atoms with van der Waals surface area (Å²) in [6, 6.07) is 19.9. The van der Waals surface area contributed by atoms with Crippen LogP contribution in [0.1, 0.15) is 24.5 Å². The third-order valence-electron chi connectivity index (χ3n) is 6.37. The highest BCUT2D eigenvalue weighted by Gasteiger charge is 2.31. The molecule has 0 saturated carbocycles. The smallest absolute Gasteiger partial charge is 0.265 e. The summed E-state index contributed by atoms with van der Waals surface area (Å²) >= 11 is 3.48. The number of fused-ring (bicyclic) bond motifs is 2. The van der Waals surface area contributed by atoms with Crippen LogP contribution in [0.25, 0.3) is 0 Å². The summed E-state index contributed by atoms with van der Waals surface area (Å²) in [4.78, 5) is 14.9. The number of hydrogen-bond donors (Lipinski definition) is 0. The van der Waals surface area contributed by atoms with Gasteiger partial charge in [-0.25, -0.2) is 8.42 Å². The molecule has 0 aliphatic carbocycles. The molecule has 8 heteroatoms. The lowest BCUT2D eigenvalue weighted by atomic mass is 10.0. The lowest BCUT2D eigenvalue weighted by Gasteiger charge is -2.30. The first-order valence-electron chi connectivity index (χ1n) is 11.3. The van der Waals surface area contributed by atoms with Crippen LogP contribution in [-0.4, -0.2) is 33.5 Å². The average molecular weight is 541 g/mol. The summed E-state index contributed by atoms with van der Waals surface area (Å²) in [5.74, 6) is 0.324. The molecule has 0 unspecified atom stereocenters. The van der Waals surface area contributed by atoms with E-state index in [9.17, 15) is 13.2 Å². The van der Waals surface area contributed by atoms with Gasteiger partial charge in [0.15, 0.2) is 6.61 Å². The van der Waals surface area contributed by atoms with Gasteiger partial charge in [-0.15, -0.1) is 0 Å². The van der Waals surface area contributed by atoms with Gasteiger partial charge >= 0.3 is 0 Å². The fourth-order valence-electron chi connectivity index (χ4n) is 4.78. The van der Waals surface area contributed by atoms with E-state index in [1.807, 2.05) is 49.4 Å². The molecule has 0 bridgehead atoms. The van der Waals surface area contributed by atoms with Crippen molar-refractivity contribution in [2.24, 2.45) is 0 Å². The summed E-state index contributed by atoms with van der Waals surface area (Å²) in [5.41, 5.74) is 3.82. The van der Waals surface area contributed by atoms with Gasteiger partial charge in [-0.1, -0.05) is 34.1 Å². The molecule has 34 heavy (non-hydrogen) atoms. The first-order valence-corrected chi connectivity index (χ1v) is 13.5. The van der Waals surface area contributed by atoms with Crippen molar-refractivity contribution in [2.45, 2.75) is 37.1 Å². The predicted molar refractivity (Wildman–Crippen MR) is 136 cm³/mol. The van der Waals surface area contributed by atoms with E-state index < -0.39 is 10.0 Å². The third-order valence-corrected chi connectivity index (χ3v) is 8.69. The Bertz CT molecular complexity index is 1340. The normalized spacial score (nSPS) is 17.3. The zero-order valence-corrected chi connectivity index (χ0v) is 21.2. The molecular weight excluding hydrogens is 516 g/mol. The van der Waals surface area contributed by atoms with Crippen molar-refractivity contribution >= 4 is 43.2 Å². The zero-order valence-electron chi connectivity index (χ0n) is 18.8. The molecule has 0 aromatic heterocycles. The summed E-state index contributed by atoms with van der Waals surface area (Å²) in [5, 5.41) is 0. The second-order valence-corrected chi connectivity index (χ2v) is 11.4. The molecule has 0 fully saturated rings. The minimum atomic E-state index is -3.68. The van der Waals surface area contributed by atoms with Gasteiger partial charge in [-0.2, -0.15) is 0 Å². The van der Waals surface area contributed by atoms with Gasteiger partial charge in [0.25, 0.3) is 15.9 Å². The van der Waals surface area contributed by atoms with E-state index in [0.29, 0.717) is 12.3 Å². The first kappa shape index (κ1) is 22.9. The van der Waals surface area contributed by atoms with Crippen LogP contribution in [0.4, 0.5) is 11.4 Å². The molecule has 6 nitrogen and oxygen atoms in total. The maximum absolute atomic E-state index is 13.3. The van der Waals surface area contributed by atoms with Crippen LogP contribution in [0.15, 0.2) is 76.1 Å². The Hall–Kier alpha value is -2.84. The Morgan fingerprint density at radius 1 is 1.03 bits per heavy atom. The number of nitrogens with zero attached hydrogens (tertiary/aromatic N) is 2. The van der Waals surface area contributed by atoms with Crippen molar-refractivity contribution in [3.63, 3.8) is 0 Å². The molecule has 0 spiro atoms. The highest BCUT2D eigenvalue weighted by molar-refractivity contribution is 9.10. The molecular formula is C26H25BrN2O4S. The number of anilines is 2. The van der Waals surface area contributed by atoms with Crippen LogP contribution in [0.2, 0.25) is 0 Å². The van der Waals surface area contributed by atoms with Crippen LogP contribution in [0.5, 0.6) is 5.75 Å². The van der Waals surface area contributed by atoms with Crippen LogP contribution in [0.3, 0.4) is 0 Å². The molecule has 3 aromatic rings. The molecule has 2 aliphatic rings. The summed E-state index contributed by atoms with van der Waals surface area (Å²) in [6.07, 6.45) is 2.46. The average Bonchev–Trinajstić information content (AvgIpc) is 3.17. The van der Waals surface area contributed by atoms with Gasteiger partial charge in [-0.3, -0.25) is 9.10 Å². The summed E-state index contributed by atoms with van der Waals surface area (Å²) in [6.45, 7) is 2.35. The van der Waals surface area contributed by atoms with Gasteiger partial charge in [0.1, 0.15) is 5.75 Å². The summed E-state index contributed by atoms with van der Waals surface area (Å²) < 4.78 is 34.8. The van der Waals surface area contributed by atoms with Crippen LogP contribution >= 0.6 is 15.9 Å². The predicted octanol–water partition coefficient (Wildman–Crippen LogP) is 4.95. The number of sulfonamides is 1. The quantitative estimate of drug-likeness (QED) is 0.459. The minimum absolute atomic E-state index is 0.0559. The van der Waals surface area contributed by atoms with E-state index >= 15 is 0 Å². The highest BCUT2D eigenvalue weighted by Crippen LogP contribution is 2.35. The van der Waals surface area contributed by atoms with Crippen molar-refractivity contribution in [3.8, 4) is 5.75 Å². The molecule has 3 aromatic carbocycles. The number of hydrogen-bond acceptors (Lipinski definition) is 4. The molecule has 2 heterocycles. The number of carbonyl (C=O) groups is 1. The van der Waals surface area contributed by atoms with Crippen molar-refractivity contribution < 1.29 is 17.9 Å². The van der Waals surface area contributed by atoms with Crippen molar-refractivity contribution in [1.29, 1.82) is 0 Å². The number of halogens is 1. The number of carbonyl (C=O) groups excluding carboxylic acids is 1. The van der Waals surface area contributed by atoms with E-state index in [0.717, 1.165) is 46.2 Å². The van der Waals surface area contributed by atoms with E-state index in [4.69, 9.17) is 4.74 Å². The van der Waals surface area contributed by atoms with E-state index in [-0.39, 0.29) is 23.5 Å². The third kappa shape index (κ3) is 4.20. The minimum Gasteiger partial charge on any atom is -0.484 e. The lowest BCUT2D eigenvalue weighted by Crippen LogP contribution is -2.39. The molecule has 176 valence electrons. The monoisotopic (exact) mass is 540 g/mol. The van der Waals surface area contributed by atoms with Crippen molar-refractivity contribution in [1.82, 2.24) is 0 Å². The number of rotatable bonds is 5. The van der Waals surface area contributed by atoms with E-state index in [2.05, 4.69) is 15.9 Å².